The highest BCUT2D eigenvalue weighted by molar-refractivity contribution is 5.73. The van der Waals surface area contributed by atoms with Crippen molar-refractivity contribution in [1.29, 1.82) is 0 Å². The van der Waals surface area contributed by atoms with E-state index in [1.165, 1.54) is 12.8 Å². The molecule has 17 heavy (non-hydrogen) atoms. The van der Waals surface area contributed by atoms with E-state index in [4.69, 9.17) is 5.11 Å². The molecule has 0 radical (unpaired) electrons. The number of piperidine rings is 1. The van der Waals surface area contributed by atoms with E-state index in [1.807, 2.05) is 0 Å². The Labute approximate surface area is 101 Å². The van der Waals surface area contributed by atoms with Gasteiger partial charge < -0.3 is 10.0 Å². The molecule has 98 valence electrons. The number of likely N-dealkylation sites (tertiary alicyclic amines) is 1. The number of hydroxylamine groups is 1. The van der Waals surface area contributed by atoms with E-state index in [9.17, 15) is 9.59 Å². The number of hydrogen-bond acceptors (Lipinski definition) is 3. The first-order valence-corrected chi connectivity index (χ1v) is 6.02. The molecule has 0 bridgehead atoms. The number of urea groups is 1. The van der Waals surface area contributed by atoms with Gasteiger partial charge in [-0.2, -0.15) is 0 Å². The predicted molar refractivity (Wildman–Crippen MR) is 61.3 cm³/mol. The Kier molecular flexibility index (Phi) is 5.76. The third kappa shape index (κ3) is 5.04. The van der Waals surface area contributed by atoms with Gasteiger partial charge in [-0.3, -0.25) is 4.84 Å². The second-order valence-electron chi connectivity index (χ2n) is 4.31. The van der Waals surface area contributed by atoms with Crippen molar-refractivity contribution in [2.24, 2.45) is 5.92 Å². The number of rotatable bonds is 5. The fourth-order valence-electron chi connectivity index (χ4n) is 2.06. The van der Waals surface area contributed by atoms with Crippen molar-refractivity contribution in [3.8, 4) is 0 Å². The molecular weight excluding hydrogens is 224 g/mol. The highest BCUT2D eigenvalue weighted by atomic mass is 16.7. The summed E-state index contributed by atoms with van der Waals surface area (Å²) in [5, 5.41) is 8.34. The zero-order valence-corrected chi connectivity index (χ0v) is 10.1. The molecule has 1 saturated heterocycles. The highest BCUT2D eigenvalue weighted by Crippen LogP contribution is 2.21. The van der Waals surface area contributed by atoms with Crippen molar-refractivity contribution in [3.05, 3.63) is 0 Å². The lowest BCUT2D eigenvalue weighted by atomic mass is 9.93. The van der Waals surface area contributed by atoms with E-state index in [0.29, 0.717) is 19.0 Å². The van der Waals surface area contributed by atoms with Gasteiger partial charge in [-0.1, -0.05) is 19.8 Å². The number of carbonyl (C=O) groups is 2. The van der Waals surface area contributed by atoms with Crippen molar-refractivity contribution in [1.82, 2.24) is 10.4 Å². The molecule has 1 aliphatic heterocycles. The summed E-state index contributed by atoms with van der Waals surface area (Å²) in [6.07, 6.45) is 4.42. The maximum atomic E-state index is 11.5. The quantitative estimate of drug-likeness (QED) is 0.713. The second kappa shape index (κ2) is 7.11. The molecule has 2 amide bonds. The van der Waals surface area contributed by atoms with E-state index in [-0.39, 0.29) is 6.03 Å². The molecule has 1 fully saturated rings. The Bertz CT molecular complexity index is 262. The Hall–Kier alpha value is -1.30. The van der Waals surface area contributed by atoms with Crippen LogP contribution in [0.5, 0.6) is 0 Å². The number of carboxylic acids is 1. The van der Waals surface area contributed by atoms with E-state index in [1.54, 1.807) is 4.90 Å². The van der Waals surface area contributed by atoms with Gasteiger partial charge in [-0.05, 0) is 18.8 Å². The molecular formula is C11H20N2O4. The lowest BCUT2D eigenvalue weighted by Gasteiger charge is -2.31. The summed E-state index contributed by atoms with van der Waals surface area (Å²) in [5.74, 6) is -0.393. The van der Waals surface area contributed by atoms with Crippen LogP contribution < -0.4 is 5.48 Å². The van der Waals surface area contributed by atoms with Crippen molar-refractivity contribution in [2.45, 2.75) is 32.6 Å². The topological polar surface area (TPSA) is 78.9 Å². The smallest absolute Gasteiger partial charge is 0.341 e. The number of amides is 2. The molecule has 0 saturated carbocycles. The third-order valence-electron chi connectivity index (χ3n) is 2.95. The van der Waals surface area contributed by atoms with Crippen molar-refractivity contribution in [3.63, 3.8) is 0 Å². The van der Waals surface area contributed by atoms with Crippen LogP contribution >= 0.6 is 0 Å². The Morgan fingerprint density at radius 1 is 1.41 bits per heavy atom. The molecule has 2 N–H and O–H groups in total. The summed E-state index contributed by atoms with van der Waals surface area (Å²) in [7, 11) is 0. The number of hydrogen-bond donors (Lipinski definition) is 2. The lowest BCUT2D eigenvalue weighted by Crippen LogP contribution is -2.44. The minimum Gasteiger partial charge on any atom is -0.479 e. The summed E-state index contributed by atoms with van der Waals surface area (Å²) in [4.78, 5) is 27.9. The fraction of sp³-hybridized carbons (Fsp3) is 0.818. The predicted octanol–water partition coefficient (Wildman–Crippen LogP) is 1.22. The molecule has 0 atom stereocenters. The largest absolute Gasteiger partial charge is 0.479 e. The number of carboxylic acid groups (broad SMARTS) is 1. The molecule has 0 spiro atoms. The Balaban J connectivity index is 2.19. The Morgan fingerprint density at radius 3 is 2.59 bits per heavy atom. The van der Waals surface area contributed by atoms with Crippen LogP contribution in [0.1, 0.15) is 32.6 Å². The molecule has 0 aliphatic carbocycles. The second-order valence-corrected chi connectivity index (χ2v) is 4.31. The van der Waals surface area contributed by atoms with Crippen LogP contribution in [-0.4, -0.2) is 41.7 Å². The van der Waals surface area contributed by atoms with Crippen LogP contribution in [-0.2, 0) is 9.63 Å². The molecule has 1 rings (SSSR count). The van der Waals surface area contributed by atoms with Gasteiger partial charge in [0.05, 0.1) is 0 Å². The van der Waals surface area contributed by atoms with E-state index < -0.39 is 12.6 Å². The summed E-state index contributed by atoms with van der Waals surface area (Å²) in [5.41, 5.74) is 2.14. The molecule has 1 heterocycles. The van der Waals surface area contributed by atoms with Crippen LogP contribution in [0.4, 0.5) is 4.79 Å². The van der Waals surface area contributed by atoms with Crippen molar-refractivity contribution < 1.29 is 19.5 Å². The standard InChI is InChI=1S/C11H20N2O4/c1-2-3-9-4-6-13(7-5-9)11(16)12-17-8-10(14)15/h9H,2-8H2,1H3,(H,12,16)(H,14,15). The van der Waals surface area contributed by atoms with Gasteiger partial charge >= 0.3 is 12.0 Å². The van der Waals surface area contributed by atoms with Crippen LogP contribution in [0.3, 0.4) is 0 Å². The number of nitrogens with one attached hydrogen (secondary N) is 1. The molecule has 0 aromatic rings. The van der Waals surface area contributed by atoms with Gasteiger partial charge in [0.15, 0.2) is 6.61 Å². The van der Waals surface area contributed by atoms with Crippen molar-refractivity contribution >= 4 is 12.0 Å². The molecule has 0 aromatic heterocycles. The van der Waals surface area contributed by atoms with E-state index in [0.717, 1.165) is 12.8 Å². The zero-order valence-electron chi connectivity index (χ0n) is 10.1. The molecule has 1 aliphatic rings. The average Bonchev–Trinajstić information content (AvgIpc) is 2.30. The fourth-order valence-corrected chi connectivity index (χ4v) is 2.06. The molecule has 0 aromatic carbocycles. The highest BCUT2D eigenvalue weighted by Gasteiger charge is 2.22. The molecule has 6 heteroatoms. The number of carbonyl (C=O) groups excluding carboxylic acids is 1. The zero-order chi connectivity index (χ0) is 12.7. The van der Waals surface area contributed by atoms with Crippen LogP contribution in [0.15, 0.2) is 0 Å². The average molecular weight is 244 g/mol. The normalized spacial score (nSPS) is 16.9. The van der Waals surface area contributed by atoms with Gasteiger partial charge in [0.1, 0.15) is 0 Å². The third-order valence-corrected chi connectivity index (χ3v) is 2.95. The summed E-state index contributed by atoms with van der Waals surface area (Å²) in [6.45, 7) is 3.08. The maximum absolute atomic E-state index is 11.5. The van der Waals surface area contributed by atoms with Crippen LogP contribution in [0.2, 0.25) is 0 Å². The Morgan fingerprint density at radius 2 is 2.06 bits per heavy atom. The number of aliphatic carboxylic acids is 1. The van der Waals surface area contributed by atoms with E-state index >= 15 is 0 Å². The first kappa shape index (κ1) is 13.8. The SMILES string of the molecule is CCCC1CCN(C(=O)NOCC(=O)O)CC1. The van der Waals surface area contributed by atoms with Gasteiger partial charge in [0, 0.05) is 13.1 Å². The summed E-state index contributed by atoms with van der Waals surface area (Å²) < 4.78 is 0. The van der Waals surface area contributed by atoms with Gasteiger partial charge in [0.25, 0.3) is 0 Å². The number of nitrogens with zero attached hydrogens (tertiary/aromatic N) is 1. The van der Waals surface area contributed by atoms with E-state index in [2.05, 4.69) is 17.2 Å². The minimum absolute atomic E-state index is 0.346. The molecule has 6 nitrogen and oxygen atoms in total. The van der Waals surface area contributed by atoms with Crippen LogP contribution in [0, 0.1) is 5.92 Å². The maximum Gasteiger partial charge on any atom is 0.341 e. The minimum atomic E-state index is -1.10. The van der Waals surface area contributed by atoms with Crippen molar-refractivity contribution in [2.75, 3.05) is 19.7 Å². The summed E-state index contributed by atoms with van der Waals surface area (Å²) >= 11 is 0. The van der Waals surface area contributed by atoms with Gasteiger partial charge in [0.2, 0.25) is 0 Å². The van der Waals surface area contributed by atoms with Gasteiger partial charge in [-0.25, -0.2) is 15.1 Å². The molecule has 0 unspecified atom stereocenters. The summed E-state index contributed by atoms with van der Waals surface area (Å²) in [6, 6.07) is -0.346. The first-order valence-electron chi connectivity index (χ1n) is 6.02. The van der Waals surface area contributed by atoms with Crippen LogP contribution in [0.25, 0.3) is 0 Å². The van der Waals surface area contributed by atoms with Gasteiger partial charge in [-0.15, -0.1) is 0 Å². The monoisotopic (exact) mass is 244 g/mol. The first-order chi connectivity index (χ1) is 8.13. The lowest BCUT2D eigenvalue weighted by molar-refractivity contribution is -0.144.